The Morgan fingerprint density at radius 2 is 1.40 bits per heavy atom. The van der Waals surface area contributed by atoms with E-state index in [9.17, 15) is 13.2 Å². The van der Waals surface area contributed by atoms with Crippen LogP contribution in [0.4, 0.5) is 5.69 Å². The molecule has 0 fully saturated rings. The molecule has 0 spiro atoms. The number of carbonyl (C=O) groups is 1. The first kappa shape index (κ1) is 21.6. The molecule has 0 aliphatic heterocycles. The lowest BCUT2D eigenvalue weighted by Gasteiger charge is -2.21. The number of sulfonamides is 1. The Morgan fingerprint density at radius 1 is 0.833 bits per heavy atom. The summed E-state index contributed by atoms with van der Waals surface area (Å²) < 4.78 is 27.4. The second-order valence-electron chi connectivity index (χ2n) is 7.56. The third-order valence-corrected chi connectivity index (χ3v) is 6.06. The van der Waals surface area contributed by atoms with Gasteiger partial charge in [-0.1, -0.05) is 62.4 Å². The molecule has 1 atom stereocenters. The fourth-order valence-electron chi connectivity index (χ4n) is 3.18. The van der Waals surface area contributed by atoms with Gasteiger partial charge >= 0.3 is 0 Å². The molecule has 1 amide bonds. The highest BCUT2D eigenvalue weighted by molar-refractivity contribution is 7.92. The van der Waals surface area contributed by atoms with Gasteiger partial charge in [-0.15, -0.1) is 0 Å². The van der Waals surface area contributed by atoms with E-state index in [0.717, 1.165) is 12.0 Å². The summed E-state index contributed by atoms with van der Waals surface area (Å²) in [6.07, 6.45) is 0.824. The summed E-state index contributed by atoms with van der Waals surface area (Å²) in [6.45, 7) is 4.24. The largest absolute Gasteiger partial charge is 0.345 e. The summed E-state index contributed by atoms with van der Waals surface area (Å²) in [6, 6.07) is 24.4. The standard InChI is InChI=1S/C24H26N2O3S/c1-18(2)17-23(19-9-5-3-6-10-19)25-24(27)20-13-15-21(16-14-20)26-30(28,29)22-11-7-4-8-12-22/h3-16,18,23,26H,17H2,1-2H3,(H,25,27)/t23-/m0/s1. The maximum absolute atomic E-state index is 12.8. The van der Waals surface area contributed by atoms with Gasteiger partial charge in [0.05, 0.1) is 10.9 Å². The predicted octanol–water partition coefficient (Wildman–Crippen LogP) is 5.00. The Kier molecular flexibility index (Phi) is 6.90. The maximum Gasteiger partial charge on any atom is 0.261 e. The van der Waals surface area contributed by atoms with Gasteiger partial charge in [0.25, 0.3) is 15.9 Å². The van der Waals surface area contributed by atoms with Crippen LogP contribution in [0.1, 0.15) is 42.2 Å². The van der Waals surface area contributed by atoms with Gasteiger partial charge in [0.15, 0.2) is 0 Å². The van der Waals surface area contributed by atoms with Crippen molar-refractivity contribution < 1.29 is 13.2 Å². The van der Waals surface area contributed by atoms with E-state index < -0.39 is 10.0 Å². The molecule has 0 heterocycles. The molecule has 3 aromatic carbocycles. The van der Waals surface area contributed by atoms with Gasteiger partial charge in [-0.3, -0.25) is 9.52 Å². The summed E-state index contributed by atoms with van der Waals surface area (Å²) in [5, 5.41) is 3.10. The predicted molar refractivity (Wildman–Crippen MR) is 120 cm³/mol. The Morgan fingerprint density at radius 3 is 1.97 bits per heavy atom. The van der Waals surface area contributed by atoms with Crippen molar-refractivity contribution in [1.82, 2.24) is 5.32 Å². The van der Waals surface area contributed by atoms with Gasteiger partial charge < -0.3 is 5.32 Å². The number of amides is 1. The van der Waals surface area contributed by atoms with Crippen molar-refractivity contribution >= 4 is 21.6 Å². The van der Waals surface area contributed by atoms with Crippen LogP contribution in [0.15, 0.2) is 89.8 Å². The average Bonchev–Trinajstić information content (AvgIpc) is 2.74. The van der Waals surface area contributed by atoms with E-state index in [1.807, 2.05) is 30.3 Å². The van der Waals surface area contributed by atoms with Gasteiger partial charge in [-0.2, -0.15) is 0 Å². The molecule has 0 saturated carbocycles. The summed E-state index contributed by atoms with van der Waals surface area (Å²) >= 11 is 0. The molecule has 0 radical (unpaired) electrons. The number of hydrogen-bond acceptors (Lipinski definition) is 3. The first-order valence-electron chi connectivity index (χ1n) is 9.89. The second-order valence-corrected chi connectivity index (χ2v) is 9.24. The molecule has 30 heavy (non-hydrogen) atoms. The van der Waals surface area contributed by atoms with Crippen molar-refractivity contribution in [3.63, 3.8) is 0 Å². The molecule has 0 saturated heterocycles. The Hall–Kier alpha value is -3.12. The minimum atomic E-state index is -3.67. The molecule has 5 nitrogen and oxygen atoms in total. The monoisotopic (exact) mass is 422 g/mol. The highest BCUT2D eigenvalue weighted by Crippen LogP contribution is 2.22. The zero-order chi connectivity index (χ0) is 21.6. The lowest BCUT2D eigenvalue weighted by atomic mass is 9.96. The number of benzene rings is 3. The first-order valence-corrected chi connectivity index (χ1v) is 11.4. The molecule has 2 N–H and O–H groups in total. The Bertz CT molecular complexity index is 1060. The molecule has 3 aromatic rings. The van der Waals surface area contributed by atoms with E-state index in [1.165, 1.54) is 12.1 Å². The van der Waals surface area contributed by atoms with E-state index in [4.69, 9.17) is 0 Å². The average molecular weight is 423 g/mol. The molecule has 156 valence electrons. The number of nitrogens with one attached hydrogen (secondary N) is 2. The topological polar surface area (TPSA) is 75.3 Å². The Labute approximate surface area is 178 Å². The molecule has 3 rings (SSSR count). The van der Waals surface area contributed by atoms with E-state index in [1.54, 1.807) is 42.5 Å². The van der Waals surface area contributed by atoms with Crippen LogP contribution in [0.3, 0.4) is 0 Å². The lowest BCUT2D eigenvalue weighted by molar-refractivity contribution is 0.0932. The first-order chi connectivity index (χ1) is 14.3. The normalized spacial score (nSPS) is 12.4. The van der Waals surface area contributed by atoms with Crippen LogP contribution in [0.2, 0.25) is 0 Å². The molecular weight excluding hydrogens is 396 g/mol. The third-order valence-electron chi connectivity index (χ3n) is 4.67. The zero-order valence-electron chi connectivity index (χ0n) is 17.1. The summed E-state index contributed by atoms with van der Waals surface area (Å²) in [5.41, 5.74) is 1.94. The molecular formula is C24H26N2O3S. The number of hydrogen-bond donors (Lipinski definition) is 2. The molecule has 0 bridgehead atoms. The number of rotatable bonds is 8. The summed E-state index contributed by atoms with van der Waals surface area (Å²) in [5.74, 6) is 0.229. The van der Waals surface area contributed by atoms with Gasteiger partial charge in [-0.25, -0.2) is 8.42 Å². The van der Waals surface area contributed by atoms with Crippen LogP contribution in [0, 0.1) is 5.92 Å². The quantitative estimate of drug-likeness (QED) is 0.536. The zero-order valence-corrected chi connectivity index (χ0v) is 17.9. The number of carbonyl (C=O) groups excluding carboxylic acids is 1. The van der Waals surface area contributed by atoms with E-state index in [2.05, 4.69) is 23.9 Å². The van der Waals surface area contributed by atoms with E-state index in [-0.39, 0.29) is 16.8 Å². The van der Waals surface area contributed by atoms with Crippen molar-refractivity contribution in [3.05, 3.63) is 96.1 Å². The van der Waals surface area contributed by atoms with Crippen molar-refractivity contribution in [2.24, 2.45) is 5.92 Å². The fraction of sp³-hybridized carbons (Fsp3) is 0.208. The van der Waals surface area contributed by atoms with E-state index >= 15 is 0 Å². The molecule has 0 aromatic heterocycles. The van der Waals surface area contributed by atoms with Crippen LogP contribution in [-0.4, -0.2) is 14.3 Å². The van der Waals surface area contributed by atoms with Crippen molar-refractivity contribution in [3.8, 4) is 0 Å². The maximum atomic E-state index is 12.8. The SMILES string of the molecule is CC(C)C[C@H](NC(=O)c1ccc(NS(=O)(=O)c2ccccc2)cc1)c1ccccc1. The van der Waals surface area contributed by atoms with Crippen LogP contribution >= 0.6 is 0 Å². The van der Waals surface area contributed by atoms with Crippen molar-refractivity contribution in [2.45, 2.75) is 31.2 Å². The molecule has 0 unspecified atom stereocenters. The molecule has 0 aliphatic rings. The van der Waals surface area contributed by atoms with Crippen molar-refractivity contribution in [1.29, 1.82) is 0 Å². The van der Waals surface area contributed by atoms with Crippen LogP contribution in [0.25, 0.3) is 0 Å². The molecule has 6 heteroatoms. The Balaban J connectivity index is 1.71. The van der Waals surface area contributed by atoms with Gasteiger partial charge in [-0.05, 0) is 54.3 Å². The second kappa shape index (κ2) is 9.59. The molecule has 0 aliphatic carbocycles. The van der Waals surface area contributed by atoms with Gasteiger partial charge in [0.1, 0.15) is 0 Å². The van der Waals surface area contributed by atoms with Crippen LogP contribution in [0.5, 0.6) is 0 Å². The van der Waals surface area contributed by atoms with E-state index in [0.29, 0.717) is 17.2 Å². The lowest BCUT2D eigenvalue weighted by Crippen LogP contribution is -2.29. The highest BCUT2D eigenvalue weighted by atomic mass is 32.2. The van der Waals surface area contributed by atoms with Crippen LogP contribution in [-0.2, 0) is 10.0 Å². The summed E-state index contributed by atoms with van der Waals surface area (Å²) in [7, 11) is -3.67. The minimum absolute atomic E-state index is 0.0880. The van der Waals surface area contributed by atoms with Gasteiger partial charge in [0.2, 0.25) is 0 Å². The number of anilines is 1. The minimum Gasteiger partial charge on any atom is -0.345 e. The van der Waals surface area contributed by atoms with Crippen molar-refractivity contribution in [2.75, 3.05) is 4.72 Å². The third kappa shape index (κ3) is 5.70. The summed E-state index contributed by atoms with van der Waals surface area (Å²) in [4.78, 5) is 13.0. The smallest absolute Gasteiger partial charge is 0.261 e. The fourth-order valence-corrected chi connectivity index (χ4v) is 4.26. The highest BCUT2D eigenvalue weighted by Gasteiger charge is 2.18. The van der Waals surface area contributed by atoms with Gasteiger partial charge in [0, 0.05) is 11.3 Å². The van der Waals surface area contributed by atoms with Crippen LogP contribution < -0.4 is 10.0 Å².